The SMILES string of the molecule is CN=C(NCc1coc(-c2ccc(C)cc2)n1)NC(C)c1cc2ccccc2o1. The number of rotatable bonds is 5. The van der Waals surface area contributed by atoms with E-state index in [2.05, 4.69) is 27.5 Å². The smallest absolute Gasteiger partial charge is 0.226 e. The summed E-state index contributed by atoms with van der Waals surface area (Å²) >= 11 is 0. The van der Waals surface area contributed by atoms with Crippen molar-refractivity contribution in [1.82, 2.24) is 15.6 Å². The van der Waals surface area contributed by atoms with Crippen LogP contribution < -0.4 is 10.6 Å². The monoisotopic (exact) mass is 388 g/mol. The lowest BCUT2D eigenvalue weighted by Gasteiger charge is -2.15. The minimum Gasteiger partial charge on any atom is -0.459 e. The number of furan rings is 1. The van der Waals surface area contributed by atoms with Gasteiger partial charge in [0.1, 0.15) is 17.6 Å². The zero-order valence-corrected chi connectivity index (χ0v) is 16.8. The van der Waals surface area contributed by atoms with Gasteiger partial charge in [-0.25, -0.2) is 4.98 Å². The average Bonchev–Trinajstić information content (AvgIpc) is 3.38. The zero-order valence-electron chi connectivity index (χ0n) is 16.8. The maximum absolute atomic E-state index is 5.93. The van der Waals surface area contributed by atoms with Crippen LogP contribution in [0.5, 0.6) is 0 Å². The number of benzene rings is 2. The largest absolute Gasteiger partial charge is 0.459 e. The van der Waals surface area contributed by atoms with Crippen LogP contribution in [0.15, 0.2) is 74.7 Å². The van der Waals surface area contributed by atoms with Crippen LogP contribution in [0.4, 0.5) is 0 Å². The summed E-state index contributed by atoms with van der Waals surface area (Å²) in [5.41, 5.74) is 3.85. The summed E-state index contributed by atoms with van der Waals surface area (Å²) in [6.45, 7) is 4.59. The highest BCUT2D eigenvalue weighted by Crippen LogP contribution is 2.23. The van der Waals surface area contributed by atoms with Crippen molar-refractivity contribution in [2.45, 2.75) is 26.4 Å². The van der Waals surface area contributed by atoms with Gasteiger partial charge in [0.05, 0.1) is 18.3 Å². The quantitative estimate of drug-likeness (QED) is 0.379. The van der Waals surface area contributed by atoms with Gasteiger partial charge in [-0.2, -0.15) is 0 Å². The topological polar surface area (TPSA) is 75.6 Å². The van der Waals surface area contributed by atoms with Crippen molar-refractivity contribution in [3.05, 3.63) is 77.9 Å². The first-order valence-electron chi connectivity index (χ1n) is 9.59. The Kier molecular flexibility index (Phi) is 5.33. The number of aromatic nitrogens is 1. The summed E-state index contributed by atoms with van der Waals surface area (Å²) in [6.07, 6.45) is 1.66. The fourth-order valence-corrected chi connectivity index (χ4v) is 3.08. The number of para-hydroxylation sites is 1. The van der Waals surface area contributed by atoms with Gasteiger partial charge in [0.15, 0.2) is 5.96 Å². The number of fused-ring (bicyclic) bond motifs is 1. The molecule has 4 aromatic rings. The third-order valence-electron chi connectivity index (χ3n) is 4.74. The molecule has 1 atom stereocenters. The van der Waals surface area contributed by atoms with E-state index in [1.807, 2.05) is 61.5 Å². The Hall–Kier alpha value is -3.54. The molecule has 0 aliphatic carbocycles. The van der Waals surface area contributed by atoms with Gasteiger partial charge in [0.2, 0.25) is 5.89 Å². The molecule has 2 aromatic carbocycles. The first kappa shape index (κ1) is 18.8. The van der Waals surface area contributed by atoms with E-state index >= 15 is 0 Å². The van der Waals surface area contributed by atoms with E-state index in [4.69, 9.17) is 8.83 Å². The summed E-state index contributed by atoms with van der Waals surface area (Å²) in [6, 6.07) is 18.1. The first-order valence-corrected chi connectivity index (χ1v) is 9.59. The number of hydrogen-bond donors (Lipinski definition) is 2. The van der Waals surface area contributed by atoms with Crippen molar-refractivity contribution >= 4 is 16.9 Å². The van der Waals surface area contributed by atoms with E-state index in [1.165, 1.54) is 5.56 Å². The van der Waals surface area contributed by atoms with E-state index in [0.717, 1.165) is 28.0 Å². The summed E-state index contributed by atoms with van der Waals surface area (Å²) in [7, 11) is 1.74. The molecule has 2 heterocycles. The van der Waals surface area contributed by atoms with E-state index in [9.17, 15) is 0 Å². The van der Waals surface area contributed by atoms with E-state index in [-0.39, 0.29) is 6.04 Å². The fourth-order valence-electron chi connectivity index (χ4n) is 3.08. The lowest BCUT2D eigenvalue weighted by atomic mass is 10.1. The number of nitrogens with zero attached hydrogens (tertiary/aromatic N) is 2. The second-order valence-electron chi connectivity index (χ2n) is 6.99. The number of aryl methyl sites for hydroxylation is 1. The van der Waals surface area contributed by atoms with Gasteiger partial charge in [-0.1, -0.05) is 35.9 Å². The Bertz CT molecular complexity index is 1090. The second kappa shape index (κ2) is 8.22. The van der Waals surface area contributed by atoms with Gasteiger partial charge in [-0.05, 0) is 38.1 Å². The van der Waals surface area contributed by atoms with Crippen LogP contribution in [-0.2, 0) is 6.54 Å². The number of hydrogen-bond acceptors (Lipinski definition) is 4. The van der Waals surface area contributed by atoms with Crippen molar-refractivity contribution < 1.29 is 8.83 Å². The molecule has 2 N–H and O–H groups in total. The number of aliphatic imine (C=N–C) groups is 1. The molecule has 0 spiro atoms. The molecular weight excluding hydrogens is 364 g/mol. The van der Waals surface area contributed by atoms with Crippen molar-refractivity contribution in [2.24, 2.45) is 4.99 Å². The second-order valence-corrected chi connectivity index (χ2v) is 6.99. The molecule has 6 heteroatoms. The normalized spacial score (nSPS) is 12.9. The van der Waals surface area contributed by atoms with Crippen molar-refractivity contribution in [2.75, 3.05) is 7.05 Å². The van der Waals surface area contributed by atoms with E-state index in [1.54, 1.807) is 13.3 Å². The van der Waals surface area contributed by atoms with Crippen molar-refractivity contribution in [3.63, 3.8) is 0 Å². The molecular formula is C23H24N4O2. The standard InChI is InChI=1S/C23H24N4O2/c1-15-8-10-17(11-9-15)22-27-19(14-28-22)13-25-23(24-3)26-16(2)21-12-18-6-4-5-7-20(18)29-21/h4-12,14,16H,13H2,1-3H3,(H2,24,25,26). The Morgan fingerprint density at radius 1 is 1.14 bits per heavy atom. The Morgan fingerprint density at radius 3 is 2.69 bits per heavy atom. The van der Waals surface area contributed by atoms with Crippen LogP contribution in [-0.4, -0.2) is 18.0 Å². The predicted octanol–water partition coefficient (Wildman–Crippen LogP) is 4.82. The van der Waals surface area contributed by atoms with Crippen LogP contribution in [0.25, 0.3) is 22.4 Å². The highest BCUT2D eigenvalue weighted by molar-refractivity contribution is 5.81. The molecule has 4 rings (SSSR count). The summed E-state index contributed by atoms with van der Waals surface area (Å²) < 4.78 is 11.5. The molecule has 0 aliphatic rings. The molecule has 0 radical (unpaired) electrons. The molecule has 148 valence electrons. The molecule has 0 saturated heterocycles. The highest BCUT2D eigenvalue weighted by Gasteiger charge is 2.13. The predicted molar refractivity (Wildman–Crippen MR) is 115 cm³/mol. The number of oxazole rings is 1. The average molecular weight is 388 g/mol. The maximum Gasteiger partial charge on any atom is 0.226 e. The van der Waals surface area contributed by atoms with Gasteiger partial charge in [-0.15, -0.1) is 0 Å². The maximum atomic E-state index is 5.93. The first-order chi connectivity index (χ1) is 14.1. The lowest BCUT2D eigenvalue weighted by Crippen LogP contribution is -2.38. The summed E-state index contributed by atoms with van der Waals surface area (Å²) in [4.78, 5) is 8.84. The molecule has 0 fully saturated rings. The van der Waals surface area contributed by atoms with Crippen LogP contribution in [0, 0.1) is 6.92 Å². The van der Waals surface area contributed by atoms with Gasteiger partial charge in [0.25, 0.3) is 0 Å². The van der Waals surface area contributed by atoms with Gasteiger partial charge in [-0.3, -0.25) is 4.99 Å². The van der Waals surface area contributed by atoms with Crippen molar-refractivity contribution in [1.29, 1.82) is 0 Å². The van der Waals surface area contributed by atoms with Crippen LogP contribution in [0.2, 0.25) is 0 Å². The molecule has 29 heavy (non-hydrogen) atoms. The summed E-state index contributed by atoms with van der Waals surface area (Å²) in [5.74, 6) is 2.13. The zero-order chi connectivity index (χ0) is 20.2. The van der Waals surface area contributed by atoms with E-state index in [0.29, 0.717) is 18.4 Å². The van der Waals surface area contributed by atoms with Crippen LogP contribution in [0.3, 0.4) is 0 Å². The minimum absolute atomic E-state index is 0.0333. The molecule has 6 nitrogen and oxygen atoms in total. The minimum atomic E-state index is -0.0333. The summed E-state index contributed by atoms with van der Waals surface area (Å²) in [5, 5.41) is 7.70. The highest BCUT2D eigenvalue weighted by atomic mass is 16.3. The Balaban J connectivity index is 1.37. The lowest BCUT2D eigenvalue weighted by molar-refractivity contribution is 0.488. The molecule has 0 aliphatic heterocycles. The molecule has 1 unspecified atom stereocenters. The fraction of sp³-hybridized carbons (Fsp3) is 0.217. The molecule has 0 amide bonds. The number of nitrogens with one attached hydrogen (secondary N) is 2. The van der Waals surface area contributed by atoms with Crippen LogP contribution in [0.1, 0.15) is 30.0 Å². The van der Waals surface area contributed by atoms with Gasteiger partial charge in [0, 0.05) is 18.0 Å². The van der Waals surface area contributed by atoms with Gasteiger partial charge >= 0.3 is 0 Å². The third kappa shape index (κ3) is 4.32. The van der Waals surface area contributed by atoms with Gasteiger partial charge < -0.3 is 19.5 Å². The molecule has 2 aromatic heterocycles. The van der Waals surface area contributed by atoms with E-state index < -0.39 is 0 Å². The van der Waals surface area contributed by atoms with Crippen molar-refractivity contribution in [3.8, 4) is 11.5 Å². The Morgan fingerprint density at radius 2 is 1.93 bits per heavy atom. The molecule has 0 bridgehead atoms. The third-order valence-corrected chi connectivity index (χ3v) is 4.74. The number of guanidine groups is 1. The van der Waals surface area contributed by atoms with Crippen LogP contribution >= 0.6 is 0 Å². The Labute approximate surface area is 169 Å². The molecule has 0 saturated carbocycles.